The standard InChI is InChI=1S/C7H4ClF3O2P/c8-14(12)6-3-1-5(2-4-6)13-7(9,10)11/h1-4H/q+1. The van der Waals surface area contributed by atoms with Crippen LogP contribution >= 0.6 is 18.4 Å². The van der Waals surface area contributed by atoms with Crippen LogP contribution in [0, 0.1) is 0 Å². The van der Waals surface area contributed by atoms with Crippen LogP contribution in [0.2, 0.25) is 0 Å². The molecule has 0 spiro atoms. The van der Waals surface area contributed by atoms with Crippen molar-refractivity contribution in [3.05, 3.63) is 24.3 Å². The van der Waals surface area contributed by atoms with Gasteiger partial charge in [-0.1, -0.05) is 0 Å². The normalized spacial score (nSPS) is 12.4. The summed E-state index contributed by atoms with van der Waals surface area (Å²) in [5, 5.41) is 0.260. The Morgan fingerprint density at radius 1 is 1.21 bits per heavy atom. The van der Waals surface area contributed by atoms with Gasteiger partial charge in [0, 0.05) is 0 Å². The molecule has 2 nitrogen and oxygen atoms in total. The van der Waals surface area contributed by atoms with Gasteiger partial charge in [-0.3, -0.25) is 0 Å². The highest BCUT2D eigenvalue weighted by atomic mass is 35.7. The Balaban J connectivity index is 2.79. The first-order valence-corrected chi connectivity index (χ1v) is 5.54. The van der Waals surface area contributed by atoms with Crippen molar-refractivity contribution in [2.75, 3.05) is 0 Å². The molecule has 1 aromatic carbocycles. The SMILES string of the molecule is O=[P+](Cl)c1ccc(OC(F)(F)F)cc1. The summed E-state index contributed by atoms with van der Waals surface area (Å²) in [7, 11) is -2.06. The number of halogens is 4. The summed E-state index contributed by atoms with van der Waals surface area (Å²) < 4.78 is 49.4. The van der Waals surface area contributed by atoms with Crippen LogP contribution in [0.4, 0.5) is 13.2 Å². The summed E-state index contributed by atoms with van der Waals surface area (Å²) in [5.41, 5.74) is 0. The molecule has 0 N–H and O–H groups in total. The number of alkyl halides is 3. The zero-order valence-electron chi connectivity index (χ0n) is 6.58. The van der Waals surface area contributed by atoms with Crippen molar-refractivity contribution >= 4 is 23.7 Å². The summed E-state index contributed by atoms with van der Waals surface area (Å²) in [6.07, 6.45) is -4.72. The first-order chi connectivity index (χ1) is 6.38. The Labute approximate surface area is 83.2 Å². The summed E-state index contributed by atoms with van der Waals surface area (Å²) >= 11 is 5.23. The summed E-state index contributed by atoms with van der Waals surface area (Å²) in [4.78, 5) is 0. The molecule has 1 unspecified atom stereocenters. The van der Waals surface area contributed by atoms with Gasteiger partial charge >= 0.3 is 13.5 Å². The molecule has 0 aromatic heterocycles. The third kappa shape index (κ3) is 3.52. The van der Waals surface area contributed by atoms with E-state index in [0.717, 1.165) is 12.1 Å². The Hall–Kier alpha value is -0.800. The zero-order valence-corrected chi connectivity index (χ0v) is 8.24. The molecule has 76 valence electrons. The van der Waals surface area contributed by atoms with E-state index in [2.05, 4.69) is 4.74 Å². The van der Waals surface area contributed by atoms with Crippen LogP contribution in [-0.2, 0) is 4.57 Å². The molecule has 0 fully saturated rings. The Morgan fingerprint density at radius 3 is 2.07 bits per heavy atom. The molecule has 0 saturated heterocycles. The molecule has 0 aliphatic carbocycles. The lowest BCUT2D eigenvalue weighted by Gasteiger charge is -2.07. The second-order valence-electron chi connectivity index (χ2n) is 2.29. The van der Waals surface area contributed by atoms with Crippen LogP contribution in [0.3, 0.4) is 0 Å². The van der Waals surface area contributed by atoms with Crippen molar-refractivity contribution in [3.63, 3.8) is 0 Å². The van der Waals surface area contributed by atoms with Crippen molar-refractivity contribution in [2.24, 2.45) is 0 Å². The molecule has 1 atom stereocenters. The van der Waals surface area contributed by atoms with E-state index < -0.39 is 13.5 Å². The minimum atomic E-state index is -4.72. The van der Waals surface area contributed by atoms with Gasteiger partial charge in [0.05, 0.1) is 0 Å². The van der Waals surface area contributed by atoms with Crippen molar-refractivity contribution < 1.29 is 22.5 Å². The molecule has 1 aromatic rings. The maximum Gasteiger partial charge on any atom is 0.573 e. The smallest absolute Gasteiger partial charge is 0.406 e. The first-order valence-electron chi connectivity index (χ1n) is 3.37. The molecule has 1 rings (SSSR count). The fraction of sp³-hybridized carbons (Fsp3) is 0.143. The van der Waals surface area contributed by atoms with E-state index in [-0.39, 0.29) is 11.1 Å². The minimum absolute atomic E-state index is 0.260. The predicted molar refractivity (Wildman–Crippen MR) is 46.2 cm³/mol. The zero-order chi connectivity index (χ0) is 10.8. The van der Waals surface area contributed by atoms with E-state index in [4.69, 9.17) is 11.2 Å². The molecule has 0 saturated carbocycles. The monoisotopic (exact) mass is 243 g/mol. The lowest BCUT2D eigenvalue weighted by Crippen LogP contribution is -2.17. The quantitative estimate of drug-likeness (QED) is 0.746. The molecule has 0 bridgehead atoms. The van der Waals surface area contributed by atoms with Gasteiger partial charge in [0.25, 0.3) is 0 Å². The van der Waals surface area contributed by atoms with Crippen LogP contribution in [0.15, 0.2) is 24.3 Å². The largest absolute Gasteiger partial charge is 0.573 e. The van der Waals surface area contributed by atoms with E-state index in [9.17, 15) is 17.7 Å². The molecule has 0 aliphatic heterocycles. The Bertz CT molecular complexity index is 336. The molecule has 0 amide bonds. The second kappa shape index (κ2) is 4.15. The molecule has 14 heavy (non-hydrogen) atoms. The van der Waals surface area contributed by atoms with Crippen LogP contribution in [0.5, 0.6) is 5.75 Å². The predicted octanol–water partition coefficient (Wildman–Crippen LogP) is 3.19. The fourth-order valence-electron chi connectivity index (χ4n) is 0.765. The molecule has 0 aliphatic rings. The topological polar surface area (TPSA) is 26.3 Å². The van der Waals surface area contributed by atoms with Crippen LogP contribution in [-0.4, -0.2) is 6.36 Å². The van der Waals surface area contributed by atoms with Gasteiger partial charge < -0.3 is 4.74 Å². The average molecular weight is 244 g/mol. The van der Waals surface area contributed by atoms with Crippen molar-refractivity contribution in [3.8, 4) is 5.75 Å². The van der Waals surface area contributed by atoms with E-state index in [1.165, 1.54) is 12.1 Å². The lowest BCUT2D eigenvalue weighted by atomic mass is 10.3. The highest BCUT2D eigenvalue weighted by molar-refractivity contribution is 7.80. The van der Waals surface area contributed by atoms with Gasteiger partial charge in [0.15, 0.2) is 0 Å². The fourth-order valence-corrected chi connectivity index (χ4v) is 1.49. The van der Waals surface area contributed by atoms with E-state index >= 15 is 0 Å². The van der Waals surface area contributed by atoms with E-state index in [0.29, 0.717) is 0 Å². The third-order valence-electron chi connectivity index (χ3n) is 1.27. The summed E-state index contributed by atoms with van der Waals surface area (Å²) in [5.74, 6) is -0.366. The number of ether oxygens (including phenoxy) is 1. The van der Waals surface area contributed by atoms with Gasteiger partial charge in [0.2, 0.25) is 16.5 Å². The van der Waals surface area contributed by atoms with E-state index in [1.807, 2.05) is 0 Å². The minimum Gasteiger partial charge on any atom is -0.406 e. The number of hydrogen-bond donors (Lipinski definition) is 0. The molecule has 0 heterocycles. The highest BCUT2D eigenvalue weighted by Gasteiger charge is 2.31. The molecular formula is C7H4ClF3O2P+. The lowest BCUT2D eigenvalue weighted by molar-refractivity contribution is -0.274. The highest BCUT2D eigenvalue weighted by Crippen LogP contribution is 2.27. The molecule has 7 heteroatoms. The van der Waals surface area contributed by atoms with E-state index in [1.54, 1.807) is 0 Å². The average Bonchev–Trinajstić information content (AvgIpc) is 2.02. The van der Waals surface area contributed by atoms with Gasteiger partial charge in [-0.15, -0.1) is 13.2 Å². The number of benzene rings is 1. The van der Waals surface area contributed by atoms with Gasteiger partial charge in [-0.2, -0.15) is 0 Å². The maximum atomic E-state index is 11.7. The number of hydrogen-bond acceptors (Lipinski definition) is 2. The van der Waals surface area contributed by atoms with Gasteiger partial charge in [0.1, 0.15) is 5.75 Å². The Kier molecular flexibility index (Phi) is 3.34. The summed E-state index contributed by atoms with van der Waals surface area (Å²) in [6.45, 7) is 0. The van der Waals surface area contributed by atoms with Crippen LogP contribution < -0.4 is 10.0 Å². The maximum absolute atomic E-state index is 11.7. The number of rotatable bonds is 2. The van der Waals surface area contributed by atoms with Crippen molar-refractivity contribution in [2.45, 2.75) is 6.36 Å². The third-order valence-corrected chi connectivity index (χ3v) is 2.56. The Morgan fingerprint density at radius 2 is 1.71 bits per heavy atom. The van der Waals surface area contributed by atoms with Gasteiger partial charge in [-0.05, 0) is 28.8 Å². The second-order valence-corrected chi connectivity index (χ2v) is 4.21. The van der Waals surface area contributed by atoms with Crippen molar-refractivity contribution in [1.29, 1.82) is 0 Å². The molecule has 0 radical (unpaired) electrons. The molecular weight excluding hydrogens is 239 g/mol. The van der Waals surface area contributed by atoms with Crippen LogP contribution in [0.25, 0.3) is 0 Å². The van der Waals surface area contributed by atoms with Crippen LogP contribution in [0.1, 0.15) is 0 Å². The first kappa shape index (κ1) is 11.3. The van der Waals surface area contributed by atoms with Gasteiger partial charge in [-0.25, -0.2) is 0 Å². The van der Waals surface area contributed by atoms with Crippen molar-refractivity contribution in [1.82, 2.24) is 0 Å². The summed E-state index contributed by atoms with van der Waals surface area (Å²) in [6, 6.07) is 4.54.